The van der Waals surface area contributed by atoms with E-state index < -0.39 is 47.3 Å². The zero-order valence-electron chi connectivity index (χ0n) is 33.6. The molecule has 0 unspecified atom stereocenters. The first-order valence-corrected chi connectivity index (χ1v) is 20.5. The first kappa shape index (κ1) is 43.0. The second kappa shape index (κ2) is 18.3. The van der Waals surface area contributed by atoms with Crippen molar-refractivity contribution in [1.29, 1.82) is 0 Å². The van der Waals surface area contributed by atoms with Gasteiger partial charge in [-0.3, -0.25) is 19.4 Å². The fraction of sp³-hybridized carbons (Fsp3) is 0.435. The van der Waals surface area contributed by atoms with Crippen LogP contribution >= 0.6 is 0 Å². The average molecular weight is 837 g/mol. The van der Waals surface area contributed by atoms with Crippen LogP contribution in [0.4, 0.5) is 26.3 Å². The lowest BCUT2D eigenvalue weighted by Crippen LogP contribution is -2.49. The van der Waals surface area contributed by atoms with Gasteiger partial charge in [-0.05, 0) is 122 Å². The monoisotopic (exact) mass is 836 g/mol. The number of phenols is 2. The van der Waals surface area contributed by atoms with Gasteiger partial charge < -0.3 is 20.0 Å². The Hall–Kier alpha value is -5.08. The number of amides is 2. The van der Waals surface area contributed by atoms with Gasteiger partial charge in [-0.15, -0.1) is 0 Å². The van der Waals surface area contributed by atoms with Crippen molar-refractivity contribution in [3.8, 4) is 11.5 Å². The predicted molar refractivity (Wildman–Crippen MR) is 214 cm³/mol. The molecule has 0 radical (unpaired) electrons. The molecule has 8 rings (SSSR count). The summed E-state index contributed by atoms with van der Waals surface area (Å²) < 4.78 is 84.7. The summed E-state index contributed by atoms with van der Waals surface area (Å²) in [5.41, 5.74) is 3.66. The molecule has 14 heteroatoms. The van der Waals surface area contributed by atoms with Gasteiger partial charge >= 0.3 is 0 Å². The van der Waals surface area contributed by atoms with Crippen molar-refractivity contribution in [3.63, 3.8) is 0 Å². The average Bonchev–Trinajstić information content (AvgIpc) is 3.77. The molecule has 0 spiro atoms. The fourth-order valence-electron chi connectivity index (χ4n) is 9.03. The summed E-state index contributed by atoms with van der Waals surface area (Å²) >= 11 is 0. The Morgan fingerprint density at radius 1 is 0.533 bits per heavy atom. The molecule has 2 amide bonds. The molecule has 60 heavy (non-hydrogen) atoms. The van der Waals surface area contributed by atoms with E-state index in [1.165, 1.54) is 36.4 Å². The molecule has 4 aliphatic rings. The van der Waals surface area contributed by atoms with Crippen LogP contribution in [0.3, 0.4) is 0 Å². The van der Waals surface area contributed by atoms with Crippen LogP contribution in [0.25, 0.3) is 0 Å². The van der Waals surface area contributed by atoms with E-state index >= 15 is 0 Å². The molecular weight excluding hydrogens is 787 g/mol. The minimum atomic E-state index is -1.23. The number of carbonyl (C=O) groups excluding carboxylic acids is 2. The van der Waals surface area contributed by atoms with Gasteiger partial charge in [0.15, 0.2) is 23.1 Å². The second-order valence-electron chi connectivity index (χ2n) is 16.5. The molecule has 2 N–H and O–H groups in total. The lowest BCUT2D eigenvalue weighted by Gasteiger charge is -2.37. The number of carbonyl (C=O) groups is 2. The normalized spacial score (nSPS) is 25.1. The zero-order valence-corrected chi connectivity index (χ0v) is 33.6. The van der Waals surface area contributed by atoms with Crippen LogP contribution in [0.2, 0.25) is 0 Å². The van der Waals surface area contributed by atoms with E-state index in [0.29, 0.717) is 87.2 Å². The first-order chi connectivity index (χ1) is 28.7. The number of aromatic hydroxyl groups is 2. The molecule has 4 aromatic rings. The standard InChI is InChI=1S/2C23H25F3N2O2/c2*1-14-2-3-15(10-18(14)24)12-28-9-7-21(23(28)30)27-8-6-17(20(26)13-27)16-4-5-22(29)19(25)11-16/h2*2-5,10-11,17,20-21,29H,6-9,12-13H2,1H3/t17-,20+,21+;17-,20+,21-/m00/s1. The summed E-state index contributed by atoms with van der Waals surface area (Å²) in [6.45, 7) is 6.47. The van der Waals surface area contributed by atoms with Crippen LogP contribution in [-0.2, 0) is 22.7 Å². The number of nitrogens with zero attached hydrogens (tertiary/aromatic N) is 4. The molecule has 0 aliphatic carbocycles. The lowest BCUT2D eigenvalue weighted by molar-refractivity contribution is -0.134. The minimum Gasteiger partial charge on any atom is -0.505 e. The quantitative estimate of drug-likeness (QED) is 0.176. The third-order valence-corrected chi connectivity index (χ3v) is 12.6. The molecule has 8 nitrogen and oxygen atoms in total. The SMILES string of the molecule is Cc1ccc(CN2CC[C@@H](N3CC[C@@H](c4ccc(O)c(F)c4)[C@H](F)C3)C2=O)cc1F.Cc1ccc(CN2CC[C@H](N3CC[C@@H](c4ccc(O)c(F)c4)[C@H](F)C3)C2=O)cc1F. The van der Waals surface area contributed by atoms with E-state index in [1.807, 2.05) is 21.9 Å². The first-order valence-electron chi connectivity index (χ1n) is 20.5. The van der Waals surface area contributed by atoms with E-state index in [9.17, 15) is 46.1 Å². The van der Waals surface area contributed by atoms with Gasteiger partial charge in [-0.2, -0.15) is 0 Å². The Morgan fingerprint density at radius 3 is 1.28 bits per heavy atom. The maximum atomic E-state index is 14.9. The van der Waals surface area contributed by atoms with E-state index in [1.54, 1.807) is 47.9 Å². The summed E-state index contributed by atoms with van der Waals surface area (Å²) in [6, 6.07) is 17.2. The van der Waals surface area contributed by atoms with Crippen molar-refractivity contribution in [2.24, 2.45) is 0 Å². The Balaban J connectivity index is 0.000000181. The third kappa shape index (κ3) is 9.44. The van der Waals surface area contributed by atoms with Crippen LogP contribution in [0.15, 0.2) is 72.8 Å². The van der Waals surface area contributed by atoms with E-state index in [-0.39, 0.29) is 48.6 Å². The summed E-state index contributed by atoms with van der Waals surface area (Å²) in [5, 5.41) is 18.7. The van der Waals surface area contributed by atoms with Crippen LogP contribution in [0, 0.1) is 37.1 Å². The molecule has 0 saturated carbocycles. The van der Waals surface area contributed by atoms with Gasteiger partial charge in [-0.1, -0.05) is 36.4 Å². The van der Waals surface area contributed by atoms with Crippen LogP contribution < -0.4 is 0 Å². The Morgan fingerprint density at radius 2 is 0.933 bits per heavy atom. The number of benzene rings is 4. The van der Waals surface area contributed by atoms with Gasteiger partial charge in [0.2, 0.25) is 11.8 Å². The number of hydrogen-bond donors (Lipinski definition) is 2. The number of aryl methyl sites for hydroxylation is 2. The van der Waals surface area contributed by atoms with Gasteiger partial charge in [-0.25, -0.2) is 26.3 Å². The number of piperidine rings is 2. The highest BCUT2D eigenvalue weighted by atomic mass is 19.2. The Labute approximate surface area is 346 Å². The second-order valence-corrected chi connectivity index (χ2v) is 16.5. The topological polar surface area (TPSA) is 87.6 Å². The number of alkyl halides is 2. The maximum Gasteiger partial charge on any atom is 0.240 e. The molecule has 0 bridgehead atoms. The Bertz CT molecular complexity index is 2060. The highest BCUT2D eigenvalue weighted by Gasteiger charge is 2.42. The molecule has 4 aromatic carbocycles. The highest BCUT2D eigenvalue weighted by molar-refractivity contribution is 5.84. The van der Waals surface area contributed by atoms with Crippen molar-refractivity contribution in [2.75, 3.05) is 39.3 Å². The minimum absolute atomic E-state index is 0.0580. The predicted octanol–water partition coefficient (Wildman–Crippen LogP) is 7.81. The van der Waals surface area contributed by atoms with E-state index in [4.69, 9.17) is 0 Å². The zero-order chi connectivity index (χ0) is 42.8. The number of phenolic OH excluding ortho intramolecular Hbond substituents is 2. The number of halogens is 6. The number of likely N-dealkylation sites (tertiary alicyclic amines) is 4. The smallest absolute Gasteiger partial charge is 0.240 e. The third-order valence-electron chi connectivity index (χ3n) is 12.6. The van der Waals surface area contributed by atoms with Crippen LogP contribution in [0.5, 0.6) is 11.5 Å². The van der Waals surface area contributed by atoms with E-state index in [0.717, 1.165) is 11.1 Å². The molecular formula is C46H50F6N4O4. The van der Waals surface area contributed by atoms with Crippen molar-refractivity contribution >= 4 is 11.8 Å². The fourth-order valence-corrected chi connectivity index (χ4v) is 9.03. The number of hydrogen-bond acceptors (Lipinski definition) is 6. The molecule has 6 atom stereocenters. The largest absolute Gasteiger partial charge is 0.505 e. The summed E-state index contributed by atoms with van der Waals surface area (Å²) in [7, 11) is 0. The molecule has 320 valence electrons. The lowest BCUT2D eigenvalue weighted by atomic mass is 9.87. The van der Waals surface area contributed by atoms with Crippen LogP contribution in [0.1, 0.15) is 70.9 Å². The van der Waals surface area contributed by atoms with Gasteiger partial charge in [0.05, 0.1) is 12.1 Å². The summed E-state index contributed by atoms with van der Waals surface area (Å²) in [6.07, 6.45) is -0.292. The van der Waals surface area contributed by atoms with Gasteiger partial charge in [0.25, 0.3) is 0 Å². The van der Waals surface area contributed by atoms with Gasteiger partial charge in [0, 0.05) is 51.1 Å². The maximum absolute atomic E-state index is 14.9. The Kier molecular flexibility index (Phi) is 13.1. The van der Waals surface area contributed by atoms with Crippen molar-refractivity contribution in [1.82, 2.24) is 19.6 Å². The summed E-state index contributed by atoms with van der Waals surface area (Å²) in [4.78, 5) is 32.9. The number of rotatable bonds is 8. The summed E-state index contributed by atoms with van der Waals surface area (Å²) in [5.74, 6) is -4.01. The molecule has 4 heterocycles. The van der Waals surface area contributed by atoms with Gasteiger partial charge in [0.1, 0.15) is 24.0 Å². The molecule has 0 aromatic heterocycles. The molecule has 4 saturated heterocycles. The van der Waals surface area contributed by atoms with E-state index in [2.05, 4.69) is 0 Å². The molecule has 4 aliphatic heterocycles. The molecule has 4 fully saturated rings. The van der Waals surface area contributed by atoms with Crippen molar-refractivity contribution < 1.29 is 46.1 Å². The van der Waals surface area contributed by atoms with Crippen LogP contribution in [-0.4, -0.2) is 105 Å². The highest BCUT2D eigenvalue weighted by Crippen LogP contribution is 2.36. The van der Waals surface area contributed by atoms with Crippen molar-refractivity contribution in [3.05, 3.63) is 129 Å². The van der Waals surface area contributed by atoms with Crippen molar-refractivity contribution in [2.45, 2.75) is 88.9 Å².